The summed E-state index contributed by atoms with van der Waals surface area (Å²) in [6.45, 7) is 6.42. The molecule has 192 valence electrons. The second kappa shape index (κ2) is 8.41. The maximum atomic E-state index is 12.1. The van der Waals surface area contributed by atoms with E-state index in [-0.39, 0.29) is 29.3 Å². The zero-order valence-electron chi connectivity index (χ0n) is 21.1. The summed E-state index contributed by atoms with van der Waals surface area (Å²) in [5.41, 5.74) is -0.426. The highest BCUT2D eigenvalue weighted by molar-refractivity contribution is 5.73. The smallest absolute Gasteiger partial charge is 0.320 e. The summed E-state index contributed by atoms with van der Waals surface area (Å²) in [5, 5.41) is 24.6. The Morgan fingerprint density at radius 3 is 2.68 bits per heavy atom. The molecule has 6 rings (SSSR count). The van der Waals surface area contributed by atoms with Crippen LogP contribution in [-0.2, 0) is 14.3 Å². The van der Waals surface area contributed by atoms with E-state index < -0.39 is 18.1 Å². The van der Waals surface area contributed by atoms with Crippen molar-refractivity contribution in [3.63, 3.8) is 0 Å². The van der Waals surface area contributed by atoms with Gasteiger partial charge in [-0.25, -0.2) is 0 Å². The molecule has 4 aliphatic carbocycles. The first kappa shape index (κ1) is 23.7. The lowest BCUT2D eigenvalue weighted by Crippen LogP contribution is -2.79. The third-order valence-electron chi connectivity index (χ3n) is 10.8. The van der Waals surface area contributed by atoms with E-state index in [0.29, 0.717) is 30.2 Å². The van der Waals surface area contributed by atoms with Gasteiger partial charge in [0, 0.05) is 37.1 Å². The van der Waals surface area contributed by atoms with Crippen molar-refractivity contribution in [2.45, 2.75) is 114 Å². The van der Waals surface area contributed by atoms with E-state index in [9.17, 15) is 15.0 Å². The van der Waals surface area contributed by atoms with Gasteiger partial charge in [-0.05, 0) is 82.1 Å². The molecule has 0 radical (unpaired) electrons. The third kappa shape index (κ3) is 3.29. The van der Waals surface area contributed by atoms with Gasteiger partial charge in [0.15, 0.2) is 0 Å². The first-order valence-corrected chi connectivity index (χ1v) is 13.9. The van der Waals surface area contributed by atoms with Crippen molar-refractivity contribution < 1.29 is 24.5 Å². The average molecular weight is 477 g/mol. The van der Waals surface area contributed by atoms with Gasteiger partial charge in [-0.3, -0.25) is 15.0 Å². The molecule has 0 aromatic heterocycles. The molecule has 0 aromatic rings. The van der Waals surface area contributed by atoms with Crippen LogP contribution in [0.2, 0.25) is 0 Å². The summed E-state index contributed by atoms with van der Waals surface area (Å²) in [6.07, 6.45) is 8.50. The molecule has 3 N–H and O–H groups in total. The minimum absolute atomic E-state index is 0.0182. The molecule has 34 heavy (non-hydrogen) atoms. The monoisotopic (exact) mass is 476 g/mol. The highest BCUT2D eigenvalue weighted by Gasteiger charge is 2.78. The molecule has 1 spiro atoms. The molecule has 2 bridgehead atoms. The van der Waals surface area contributed by atoms with E-state index in [0.717, 1.165) is 51.0 Å². The molecule has 0 aromatic carbocycles. The van der Waals surface area contributed by atoms with Crippen LogP contribution in [0.25, 0.3) is 0 Å². The summed E-state index contributed by atoms with van der Waals surface area (Å²) >= 11 is 0. The minimum atomic E-state index is -0.774. The number of nitrogens with one attached hydrogen (secondary N) is 1. The van der Waals surface area contributed by atoms with Gasteiger partial charge >= 0.3 is 5.97 Å². The molecule has 7 heteroatoms. The molecular weight excluding hydrogens is 432 g/mol. The summed E-state index contributed by atoms with van der Waals surface area (Å²) in [7, 11) is 1.91. The number of carboxylic acid groups (broad SMARTS) is 1. The number of rotatable bonds is 8. The Morgan fingerprint density at radius 2 is 2.00 bits per heavy atom. The molecule has 6 aliphatic rings. The van der Waals surface area contributed by atoms with Crippen LogP contribution in [0.5, 0.6) is 0 Å². The molecule has 6 fully saturated rings. The zero-order valence-corrected chi connectivity index (χ0v) is 21.1. The first-order valence-electron chi connectivity index (χ1n) is 13.9. The van der Waals surface area contributed by atoms with Crippen molar-refractivity contribution in [3.8, 4) is 0 Å². The van der Waals surface area contributed by atoms with Crippen LogP contribution in [-0.4, -0.2) is 83.3 Å². The van der Waals surface area contributed by atoms with Crippen molar-refractivity contribution in [2.24, 2.45) is 29.1 Å². The Balaban J connectivity index is 1.38. The SMILES string of the molecule is CO[C@]12CC[C@H](N[C@@H](CC(C)C)C(=O)O)[C@@H]3OC4C(O)CCC5CC1N(CC1CC1)CC[C@]32C54. The molecular formula is C27H44N2O5. The number of hydrogen-bond acceptors (Lipinski definition) is 6. The molecule has 0 amide bonds. The number of carboxylic acids is 1. The number of methoxy groups -OCH3 is 1. The fraction of sp³-hybridized carbons (Fsp3) is 0.963. The minimum Gasteiger partial charge on any atom is -0.480 e. The summed E-state index contributed by atoms with van der Waals surface area (Å²) in [5.74, 6) is 1.24. The number of hydrogen-bond donors (Lipinski definition) is 3. The van der Waals surface area contributed by atoms with Gasteiger partial charge < -0.3 is 19.7 Å². The summed E-state index contributed by atoms with van der Waals surface area (Å²) in [6, 6.07) is -0.187. The second-order valence-corrected chi connectivity index (χ2v) is 12.9. The highest BCUT2D eigenvalue weighted by atomic mass is 16.5. The topological polar surface area (TPSA) is 91.3 Å². The molecule has 2 saturated heterocycles. The molecule has 7 nitrogen and oxygen atoms in total. The maximum Gasteiger partial charge on any atom is 0.320 e. The quantitative estimate of drug-likeness (QED) is 0.496. The second-order valence-electron chi connectivity index (χ2n) is 12.9. The molecule has 10 atom stereocenters. The number of carbonyl (C=O) groups is 1. The van der Waals surface area contributed by atoms with E-state index in [1.165, 1.54) is 19.4 Å². The predicted octanol–water partition coefficient (Wildman–Crippen LogP) is 2.65. The molecule has 4 saturated carbocycles. The van der Waals surface area contributed by atoms with Crippen LogP contribution in [0.4, 0.5) is 0 Å². The normalized spacial score (nSPS) is 48.6. The average Bonchev–Trinajstić information content (AvgIpc) is 3.54. The third-order valence-corrected chi connectivity index (χ3v) is 10.8. The van der Waals surface area contributed by atoms with Crippen LogP contribution in [0, 0.1) is 29.1 Å². The van der Waals surface area contributed by atoms with Crippen LogP contribution in [0.15, 0.2) is 0 Å². The van der Waals surface area contributed by atoms with Crippen molar-refractivity contribution >= 4 is 5.97 Å². The van der Waals surface area contributed by atoms with Crippen LogP contribution in [0.1, 0.15) is 71.6 Å². The Morgan fingerprint density at radius 1 is 1.21 bits per heavy atom. The first-order chi connectivity index (χ1) is 16.3. The van der Waals surface area contributed by atoms with E-state index >= 15 is 0 Å². The van der Waals surface area contributed by atoms with Crippen molar-refractivity contribution in [3.05, 3.63) is 0 Å². The van der Waals surface area contributed by atoms with Gasteiger partial charge in [0.05, 0.1) is 23.9 Å². The van der Waals surface area contributed by atoms with Gasteiger partial charge in [-0.1, -0.05) is 13.8 Å². The predicted molar refractivity (Wildman–Crippen MR) is 127 cm³/mol. The lowest BCUT2D eigenvalue weighted by Gasteiger charge is -2.70. The molecule has 2 heterocycles. The maximum absolute atomic E-state index is 12.1. The number of aliphatic hydroxyl groups is 1. The standard InChI is InChI=1S/C27H44N2O5/c1-15(2)12-19(25(31)32)28-18-8-9-27(33-3)21-13-17-6-7-20(30)23-22(17)26(27,24(18)34-23)10-11-29(21)14-16-4-5-16/h15-24,28,30H,4-14H2,1-3H3,(H,31,32)/t17?,18-,19-,20?,21?,22?,23?,24-,26-,27+/m0/s1. The number of ether oxygens (including phenoxy) is 2. The summed E-state index contributed by atoms with van der Waals surface area (Å²) < 4.78 is 13.6. The van der Waals surface area contributed by atoms with Gasteiger partial charge in [-0.2, -0.15) is 0 Å². The number of aliphatic hydroxyl groups excluding tert-OH is 1. The van der Waals surface area contributed by atoms with E-state index in [2.05, 4.69) is 24.1 Å². The van der Waals surface area contributed by atoms with Crippen molar-refractivity contribution in [1.29, 1.82) is 0 Å². The van der Waals surface area contributed by atoms with Gasteiger partial charge in [0.1, 0.15) is 6.04 Å². The fourth-order valence-corrected chi connectivity index (χ4v) is 9.42. The number of nitrogens with zero attached hydrogens (tertiary/aromatic N) is 1. The Kier molecular flexibility index (Phi) is 5.85. The fourth-order valence-electron chi connectivity index (χ4n) is 9.42. The van der Waals surface area contributed by atoms with E-state index in [4.69, 9.17) is 9.47 Å². The van der Waals surface area contributed by atoms with Crippen LogP contribution >= 0.6 is 0 Å². The van der Waals surface area contributed by atoms with Crippen LogP contribution < -0.4 is 5.32 Å². The highest BCUT2D eigenvalue weighted by Crippen LogP contribution is 2.70. The van der Waals surface area contributed by atoms with E-state index in [1.54, 1.807) is 0 Å². The number of aliphatic carboxylic acids is 1. The lowest BCUT2D eigenvalue weighted by molar-refractivity contribution is -0.272. The Labute approximate surface area is 203 Å². The van der Waals surface area contributed by atoms with Gasteiger partial charge in [0.2, 0.25) is 0 Å². The van der Waals surface area contributed by atoms with Gasteiger partial charge in [-0.15, -0.1) is 0 Å². The van der Waals surface area contributed by atoms with Gasteiger partial charge in [0.25, 0.3) is 0 Å². The number of likely N-dealkylation sites (tertiary alicyclic amines) is 1. The number of piperidine rings is 1. The molecule has 5 unspecified atom stereocenters. The van der Waals surface area contributed by atoms with Crippen molar-refractivity contribution in [2.75, 3.05) is 20.2 Å². The Bertz CT molecular complexity index is 804. The Hall–Kier alpha value is -0.730. The summed E-state index contributed by atoms with van der Waals surface area (Å²) in [4.78, 5) is 14.9. The largest absolute Gasteiger partial charge is 0.480 e. The van der Waals surface area contributed by atoms with Crippen molar-refractivity contribution in [1.82, 2.24) is 10.2 Å². The molecule has 2 aliphatic heterocycles. The zero-order chi connectivity index (χ0) is 23.8. The van der Waals surface area contributed by atoms with E-state index in [1.807, 2.05) is 7.11 Å². The lowest BCUT2D eigenvalue weighted by atomic mass is 9.42. The van der Waals surface area contributed by atoms with Crippen LogP contribution in [0.3, 0.4) is 0 Å².